The Morgan fingerprint density at radius 2 is 1.50 bits per heavy atom. The van der Waals surface area contributed by atoms with Crippen LogP contribution in [-0.4, -0.2) is 77.5 Å². The van der Waals surface area contributed by atoms with E-state index in [1.54, 1.807) is 0 Å². The van der Waals surface area contributed by atoms with Crippen LogP contribution in [0.15, 0.2) is 0 Å². The van der Waals surface area contributed by atoms with Crippen LogP contribution in [-0.2, 0) is 19.2 Å². The Hall–Kier alpha value is -1.46. The molecule has 0 spiro atoms. The summed E-state index contributed by atoms with van der Waals surface area (Å²) in [5.41, 5.74) is 5.39. The molecule has 0 rings (SSSR count). The van der Waals surface area contributed by atoms with Crippen molar-refractivity contribution in [3.63, 3.8) is 0 Å². The molecule has 0 radical (unpaired) electrons. The second kappa shape index (κ2) is 13.7. The fourth-order valence-electron chi connectivity index (χ4n) is 1.84. The number of hydrogen-bond acceptors (Lipinski definition) is 7. The number of carboxylic acid groups (broad SMARTS) is 1. The van der Waals surface area contributed by atoms with E-state index in [4.69, 9.17) is 5.73 Å². The molecule has 26 heavy (non-hydrogen) atoms. The third-order valence-electron chi connectivity index (χ3n) is 3.32. The maximum absolute atomic E-state index is 12.4. The molecule has 0 aliphatic rings. The van der Waals surface area contributed by atoms with Crippen LogP contribution in [0.2, 0.25) is 0 Å². The molecule has 0 aromatic heterocycles. The molecule has 0 aliphatic carbocycles. The standard InChI is InChI=1S/C15H28N4O5S2/c1-9(16)13(21)17-8-12(20)18-10(4-6-25-2)14(22)19-11(15(23)24)5-7-26-3/h9-11H,4-8,16H2,1-3H3,(H,17,21)(H,18,20)(H,19,22)(H,23,24). The number of hydrogen-bond donors (Lipinski definition) is 5. The first kappa shape index (κ1) is 24.5. The predicted octanol–water partition coefficient (Wildman–Crippen LogP) is -0.990. The van der Waals surface area contributed by atoms with Gasteiger partial charge in [-0.05, 0) is 43.8 Å². The minimum atomic E-state index is -1.12. The molecular formula is C15H28N4O5S2. The number of nitrogens with two attached hydrogens (primary N) is 1. The van der Waals surface area contributed by atoms with E-state index >= 15 is 0 Å². The zero-order valence-corrected chi connectivity index (χ0v) is 16.9. The average molecular weight is 409 g/mol. The van der Waals surface area contributed by atoms with E-state index in [-0.39, 0.29) is 13.0 Å². The Morgan fingerprint density at radius 3 is 1.96 bits per heavy atom. The molecule has 0 aliphatic heterocycles. The molecule has 9 nitrogen and oxygen atoms in total. The van der Waals surface area contributed by atoms with Crippen LogP contribution in [0.3, 0.4) is 0 Å². The van der Waals surface area contributed by atoms with Crippen molar-refractivity contribution in [2.75, 3.05) is 30.6 Å². The van der Waals surface area contributed by atoms with Gasteiger partial charge >= 0.3 is 5.97 Å². The molecule has 11 heteroatoms. The molecule has 0 saturated heterocycles. The SMILES string of the molecule is CSCCC(NC(=O)C(CCSC)NC(=O)CNC(=O)C(C)N)C(=O)O. The number of aliphatic carboxylic acids is 1. The smallest absolute Gasteiger partial charge is 0.326 e. The van der Waals surface area contributed by atoms with Gasteiger partial charge in [0, 0.05) is 0 Å². The summed E-state index contributed by atoms with van der Waals surface area (Å²) < 4.78 is 0. The van der Waals surface area contributed by atoms with Gasteiger partial charge in [-0.1, -0.05) is 0 Å². The average Bonchev–Trinajstić information content (AvgIpc) is 2.59. The van der Waals surface area contributed by atoms with E-state index in [2.05, 4.69) is 16.0 Å². The quantitative estimate of drug-likeness (QED) is 0.261. The van der Waals surface area contributed by atoms with Gasteiger partial charge in [-0.25, -0.2) is 4.79 Å². The first-order chi connectivity index (χ1) is 12.2. The lowest BCUT2D eigenvalue weighted by Crippen LogP contribution is -2.53. The second-order valence-electron chi connectivity index (χ2n) is 5.59. The number of rotatable bonds is 13. The molecule has 0 saturated carbocycles. The summed E-state index contributed by atoms with van der Waals surface area (Å²) in [6, 6.07) is -2.63. The molecular weight excluding hydrogens is 380 g/mol. The Kier molecular flexibility index (Phi) is 12.9. The summed E-state index contributed by atoms with van der Waals surface area (Å²) in [6.07, 6.45) is 4.33. The zero-order valence-electron chi connectivity index (χ0n) is 15.2. The van der Waals surface area contributed by atoms with Crippen LogP contribution in [0.1, 0.15) is 19.8 Å². The summed E-state index contributed by atoms with van der Waals surface area (Å²) in [7, 11) is 0. The third kappa shape index (κ3) is 10.5. The molecule has 3 amide bonds. The topological polar surface area (TPSA) is 151 Å². The van der Waals surface area contributed by atoms with E-state index in [1.807, 2.05) is 12.5 Å². The van der Waals surface area contributed by atoms with Gasteiger partial charge in [0.05, 0.1) is 12.6 Å². The number of thioether (sulfide) groups is 2. The van der Waals surface area contributed by atoms with Gasteiger partial charge in [-0.2, -0.15) is 23.5 Å². The summed E-state index contributed by atoms with van der Waals surface area (Å²) >= 11 is 2.98. The summed E-state index contributed by atoms with van der Waals surface area (Å²) in [5.74, 6) is -1.51. The molecule has 0 bridgehead atoms. The van der Waals surface area contributed by atoms with Crippen LogP contribution in [0.5, 0.6) is 0 Å². The van der Waals surface area contributed by atoms with Crippen molar-refractivity contribution in [2.24, 2.45) is 5.73 Å². The first-order valence-corrected chi connectivity index (χ1v) is 10.8. The minimum absolute atomic E-state index is 0.288. The lowest BCUT2D eigenvalue weighted by atomic mass is 10.1. The highest BCUT2D eigenvalue weighted by molar-refractivity contribution is 7.98. The lowest BCUT2D eigenvalue weighted by Gasteiger charge is -2.21. The van der Waals surface area contributed by atoms with Crippen LogP contribution >= 0.6 is 23.5 Å². The fourth-order valence-corrected chi connectivity index (χ4v) is 2.79. The maximum Gasteiger partial charge on any atom is 0.326 e. The molecule has 6 N–H and O–H groups in total. The number of carbonyl (C=O) groups excluding carboxylic acids is 3. The summed E-state index contributed by atoms with van der Waals surface area (Å²) in [5, 5.41) is 16.6. The van der Waals surface area contributed by atoms with Crippen LogP contribution < -0.4 is 21.7 Å². The monoisotopic (exact) mass is 408 g/mol. The molecule has 0 aromatic rings. The van der Waals surface area contributed by atoms with Crippen LogP contribution in [0.4, 0.5) is 0 Å². The Labute approximate surface area is 162 Å². The Morgan fingerprint density at radius 1 is 0.962 bits per heavy atom. The highest BCUT2D eigenvalue weighted by Gasteiger charge is 2.26. The van der Waals surface area contributed by atoms with E-state index in [0.29, 0.717) is 17.9 Å². The van der Waals surface area contributed by atoms with Crippen molar-refractivity contribution < 1.29 is 24.3 Å². The molecule has 150 valence electrons. The number of carbonyl (C=O) groups is 4. The maximum atomic E-state index is 12.4. The van der Waals surface area contributed by atoms with Crippen molar-refractivity contribution in [3.8, 4) is 0 Å². The van der Waals surface area contributed by atoms with Crippen LogP contribution in [0, 0.1) is 0 Å². The van der Waals surface area contributed by atoms with E-state index in [1.165, 1.54) is 30.4 Å². The van der Waals surface area contributed by atoms with E-state index in [0.717, 1.165) is 0 Å². The van der Waals surface area contributed by atoms with Crippen molar-refractivity contribution in [2.45, 2.75) is 37.9 Å². The number of carboxylic acids is 1. The largest absolute Gasteiger partial charge is 0.480 e. The predicted molar refractivity (Wildman–Crippen MR) is 104 cm³/mol. The van der Waals surface area contributed by atoms with Gasteiger partial charge < -0.3 is 26.8 Å². The van der Waals surface area contributed by atoms with Crippen molar-refractivity contribution in [1.82, 2.24) is 16.0 Å². The first-order valence-electron chi connectivity index (χ1n) is 8.06. The Balaban J connectivity index is 4.78. The van der Waals surface area contributed by atoms with Crippen molar-refractivity contribution in [3.05, 3.63) is 0 Å². The minimum Gasteiger partial charge on any atom is -0.480 e. The van der Waals surface area contributed by atoms with Gasteiger partial charge in [0.25, 0.3) is 0 Å². The summed E-state index contributed by atoms with van der Waals surface area (Å²) in [4.78, 5) is 47.0. The van der Waals surface area contributed by atoms with E-state index in [9.17, 15) is 24.3 Å². The number of nitrogens with one attached hydrogen (secondary N) is 3. The van der Waals surface area contributed by atoms with Crippen LogP contribution in [0.25, 0.3) is 0 Å². The summed E-state index contributed by atoms with van der Waals surface area (Å²) in [6.45, 7) is 1.18. The normalized spacial score (nSPS) is 14.0. The van der Waals surface area contributed by atoms with Gasteiger partial charge in [-0.15, -0.1) is 0 Å². The fraction of sp³-hybridized carbons (Fsp3) is 0.733. The highest BCUT2D eigenvalue weighted by atomic mass is 32.2. The molecule has 0 heterocycles. The van der Waals surface area contributed by atoms with E-state index < -0.39 is 41.8 Å². The van der Waals surface area contributed by atoms with Crippen molar-refractivity contribution in [1.29, 1.82) is 0 Å². The molecule has 0 aromatic carbocycles. The van der Waals surface area contributed by atoms with Gasteiger partial charge in [0.1, 0.15) is 12.1 Å². The molecule has 3 unspecified atom stereocenters. The Bertz CT molecular complexity index is 491. The van der Waals surface area contributed by atoms with Gasteiger partial charge in [-0.3, -0.25) is 14.4 Å². The third-order valence-corrected chi connectivity index (χ3v) is 4.61. The number of amides is 3. The zero-order chi connectivity index (χ0) is 20.1. The van der Waals surface area contributed by atoms with Gasteiger partial charge in [0.15, 0.2) is 0 Å². The highest BCUT2D eigenvalue weighted by Crippen LogP contribution is 2.05. The molecule has 3 atom stereocenters. The van der Waals surface area contributed by atoms with Gasteiger partial charge in [0.2, 0.25) is 17.7 Å². The van der Waals surface area contributed by atoms with Crippen molar-refractivity contribution >= 4 is 47.2 Å². The second-order valence-corrected chi connectivity index (χ2v) is 7.56. The lowest BCUT2D eigenvalue weighted by molar-refractivity contribution is -0.142. The molecule has 0 fully saturated rings.